The van der Waals surface area contributed by atoms with E-state index in [1.165, 1.54) is 0 Å². The molecular formula is C19H23ClN2O2. The summed E-state index contributed by atoms with van der Waals surface area (Å²) < 4.78 is 5.78. The Kier molecular flexibility index (Phi) is 6.64. The van der Waals surface area contributed by atoms with E-state index in [2.05, 4.69) is 5.32 Å². The van der Waals surface area contributed by atoms with Gasteiger partial charge in [0.1, 0.15) is 11.5 Å². The van der Waals surface area contributed by atoms with E-state index in [1.807, 2.05) is 48.5 Å². The van der Waals surface area contributed by atoms with Gasteiger partial charge in [0.05, 0.1) is 0 Å². The number of benzene rings is 2. The first-order valence-electron chi connectivity index (χ1n) is 8.10. The minimum Gasteiger partial charge on any atom is -0.457 e. The second-order valence-corrected chi connectivity index (χ2v) is 6.03. The number of ether oxygens (including phenoxy) is 1. The molecule has 3 N–H and O–H groups in total. The predicted molar refractivity (Wildman–Crippen MR) is 97.9 cm³/mol. The van der Waals surface area contributed by atoms with E-state index in [4.69, 9.17) is 10.5 Å². The van der Waals surface area contributed by atoms with Crippen molar-refractivity contribution < 1.29 is 9.53 Å². The van der Waals surface area contributed by atoms with E-state index in [0.29, 0.717) is 11.3 Å². The van der Waals surface area contributed by atoms with Gasteiger partial charge in [0.2, 0.25) is 0 Å². The van der Waals surface area contributed by atoms with Crippen molar-refractivity contribution >= 4 is 18.3 Å². The van der Waals surface area contributed by atoms with Crippen molar-refractivity contribution in [2.24, 2.45) is 5.73 Å². The van der Waals surface area contributed by atoms with Crippen LogP contribution in [0.4, 0.5) is 0 Å². The number of carbonyl (C=O) groups excluding carboxylic acids is 1. The molecule has 1 aliphatic rings. The van der Waals surface area contributed by atoms with E-state index < -0.39 is 0 Å². The number of nitrogens with one attached hydrogen (secondary N) is 1. The zero-order chi connectivity index (χ0) is 16.1. The van der Waals surface area contributed by atoms with Gasteiger partial charge >= 0.3 is 0 Å². The molecule has 3 rings (SSSR count). The minimum atomic E-state index is -0.0519. The lowest BCUT2D eigenvalue weighted by molar-refractivity contribution is 0.0925. The molecule has 2 aromatic carbocycles. The molecule has 0 heterocycles. The number of nitrogens with two attached hydrogens (primary N) is 1. The van der Waals surface area contributed by atoms with Crippen LogP contribution < -0.4 is 15.8 Å². The Morgan fingerprint density at radius 3 is 2.33 bits per heavy atom. The number of halogens is 1. The van der Waals surface area contributed by atoms with Crippen molar-refractivity contribution in [3.63, 3.8) is 0 Å². The molecule has 1 aliphatic carbocycles. The zero-order valence-corrected chi connectivity index (χ0v) is 14.3. The first kappa shape index (κ1) is 18.3. The first-order valence-corrected chi connectivity index (χ1v) is 8.10. The van der Waals surface area contributed by atoms with E-state index in [0.717, 1.165) is 31.4 Å². The molecule has 0 radical (unpaired) electrons. The highest BCUT2D eigenvalue weighted by Crippen LogP contribution is 2.22. The molecule has 0 aromatic heterocycles. The Bertz CT molecular complexity index is 655. The van der Waals surface area contributed by atoms with Gasteiger partial charge in [-0.25, -0.2) is 0 Å². The lowest BCUT2D eigenvalue weighted by atomic mass is 9.91. The summed E-state index contributed by atoms with van der Waals surface area (Å²) in [5, 5.41) is 3.10. The van der Waals surface area contributed by atoms with Crippen LogP contribution in [0.15, 0.2) is 54.6 Å². The Morgan fingerprint density at radius 1 is 0.958 bits per heavy atom. The molecule has 1 saturated carbocycles. The summed E-state index contributed by atoms with van der Waals surface area (Å²) in [5.41, 5.74) is 6.52. The Morgan fingerprint density at radius 2 is 1.62 bits per heavy atom. The van der Waals surface area contributed by atoms with Gasteiger partial charge in [-0.2, -0.15) is 0 Å². The summed E-state index contributed by atoms with van der Waals surface area (Å²) in [6, 6.07) is 17.3. The molecule has 0 bridgehead atoms. The fraction of sp³-hybridized carbons (Fsp3) is 0.316. The zero-order valence-electron chi connectivity index (χ0n) is 13.5. The standard InChI is InChI=1S/C19H22N2O2.ClH/c20-15-9-11-16(12-10-15)21-19(22)14-5-4-8-18(13-14)23-17-6-2-1-3-7-17;/h1-8,13,15-16H,9-12,20H2,(H,21,22);1H. The van der Waals surface area contributed by atoms with E-state index in [9.17, 15) is 4.79 Å². The SMILES string of the molecule is Cl.NC1CCC(NC(=O)c2cccc(Oc3ccccc3)c2)CC1. The molecule has 1 amide bonds. The second kappa shape index (κ2) is 8.71. The molecule has 0 atom stereocenters. The van der Waals surface area contributed by atoms with E-state index >= 15 is 0 Å². The molecular weight excluding hydrogens is 324 g/mol. The number of amides is 1. The topological polar surface area (TPSA) is 64.3 Å². The summed E-state index contributed by atoms with van der Waals surface area (Å²) in [4.78, 5) is 12.4. The maximum absolute atomic E-state index is 12.4. The van der Waals surface area contributed by atoms with Crippen LogP contribution in [0.5, 0.6) is 11.5 Å². The van der Waals surface area contributed by atoms with E-state index in [1.54, 1.807) is 6.07 Å². The summed E-state index contributed by atoms with van der Waals surface area (Å²) in [6.45, 7) is 0. The minimum absolute atomic E-state index is 0. The van der Waals surface area contributed by atoms with Crippen LogP contribution in [0, 0.1) is 0 Å². The number of hydrogen-bond donors (Lipinski definition) is 2. The Labute approximate surface area is 148 Å². The van der Waals surface area contributed by atoms with Crippen molar-refractivity contribution in [2.45, 2.75) is 37.8 Å². The van der Waals surface area contributed by atoms with Crippen LogP contribution >= 0.6 is 12.4 Å². The van der Waals surface area contributed by atoms with Crippen molar-refractivity contribution in [1.29, 1.82) is 0 Å². The third-order valence-corrected chi connectivity index (χ3v) is 4.18. The van der Waals surface area contributed by atoms with Gasteiger partial charge in [0, 0.05) is 17.6 Å². The summed E-state index contributed by atoms with van der Waals surface area (Å²) >= 11 is 0. The highest BCUT2D eigenvalue weighted by molar-refractivity contribution is 5.94. The van der Waals surface area contributed by atoms with Crippen LogP contribution in [-0.4, -0.2) is 18.0 Å². The van der Waals surface area contributed by atoms with Gasteiger partial charge < -0.3 is 15.8 Å². The fourth-order valence-electron chi connectivity index (χ4n) is 2.86. The van der Waals surface area contributed by atoms with Crippen molar-refractivity contribution in [3.8, 4) is 11.5 Å². The number of rotatable bonds is 4. The second-order valence-electron chi connectivity index (χ2n) is 6.03. The van der Waals surface area contributed by atoms with Crippen molar-refractivity contribution in [2.75, 3.05) is 0 Å². The largest absolute Gasteiger partial charge is 0.457 e. The van der Waals surface area contributed by atoms with Crippen LogP contribution in [0.3, 0.4) is 0 Å². The molecule has 1 fully saturated rings. The molecule has 0 spiro atoms. The molecule has 5 heteroatoms. The molecule has 0 unspecified atom stereocenters. The lowest BCUT2D eigenvalue weighted by Crippen LogP contribution is -2.40. The monoisotopic (exact) mass is 346 g/mol. The number of carbonyl (C=O) groups is 1. The third-order valence-electron chi connectivity index (χ3n) is 4.18. The van der Waals surface area contributed by atoms with Gasteiger partial charge in [-0.1, -0.05) is 24.3 Å². The quantitative estimate of drug-likeness (QED) is 0.882. The van der Waals surface area contributed by atoms with Crippen LogP contribution in [0.2, 0.25) is 0 Å². The Hall–Kier alpha value is -2.04. The fourth-order valence-corrected chi connectivity index (χ4v) is 2.86. The van der Waals surface area contributed by atoms with Crippen molar-refractivity contribution in [1.82, 2.24) is 5.32 Å². The smallest absolute Gasteiger partial charge is 0.251 e. The molecule has 128 valence electrons. The van der Waals surface area contributed by atoms with E-state index in [-0.39, 0.29) is 30.4 Å². The predicted octanol–water partition coefficient (Wildman–Crippen LogP) is 3.90. The highest BCUT2D eigenvalue weighted by atomic mass is 35.5. The average Bonchev–Trinajstić information content (AvgIpc) is 2.58. The van der Waals surface area contributed by atoms with Crippen molar-refractivity contribution in [3.05, 3.63) is 60.2 Å². The normalized spacial score (nSPS) is 19.9. The third kappa shape index (κ3) is 4.98. The lowest BCUT2D eigenvalue weighted by Gasteiger charge is -2.26. The number of para-hydroxylation sites is 1. The molecule has 2 aromatic rings. The van der Waals surface area contributed by atoms with Gasteiger partial charge in [0.25, 0.3) is 5.91 Å². The number of hydrogen-bond acceptors (Lipinski definition) is 3. The molecule has 4 nitrogen and oxygen atoms in total. The maximum atomic E-state index is 12.4. The first-order chi connectivity index (χ1) is 11.2. The van der Waals surface area contributed by atoms with Gasteiger partial charge in [-0.3, -0.25) is 4.79 Å². The Balaban J connectivity index is 0.00000208. The summed E-state index contributed by atoms with van der Waals surface area (Å²) in [6.07, 6.45) is 3.85. The summed E-state index contributed by atoms with van der Waals surface area (Å²) in [7, 11) is 0. The summed E-state index contributed by atoms with van der Waals surface area (Å²) in [5.74, 6) is 1.37. The highest BCUT2D eigenvalue weighted by Gasteiger charge is 2.20. The molecule has 0 saturated heterocycles. The molecule has 0 aliphatic heterocycles. The van der Waals surface area contributed by atoms with Crippen LogP contribution in [0.1, 0.15) is 36.0 Å². The average molecular weight is 347 g/mol. The van der Waals surface area contributed by atoms with Gasteiger partial charge in [-0.15, -0.1) is 12.4 Å². The maximum Gasteiger partial charge on any atom is 0.251 e. The molecule has 24 heavy (non-hydrogen) atoms. The van der Waals surface area contributed by atoms with Gasteiger partial charge in [0.15, 0.2) is 0 Å². The van der Waals surface area contributed by atoms with Crippen LogP contribution in [-0.2, 0) is 0 Å². The van der Waals surface area contributed by atoms with Crippen LogP contribution in [0.25, 0.3) is 0 Å². The van der Waals surface area contributed by atoms with Gasteiger partial charge in [-0.05, 0) is 56.0 Å².